The van der Waals surface area contributed by atoms with E-state index in [0.29, 0.717) is 17.7 Å². The number of carbonyl (C=O) groups is 2. The van der Waals surface area contributed by atoms with Gasteiger partial charge in [-0.2, -0.15) is 0 Å². The van der Waals surface area contributed by atoms with Crippen molar-refractivity contribution in [2.45, 2.75) is 26.7 Å². The fraction of sp³-hybridized carbons (Fsp3) is 0.455. The van der Waals surface area contributed by atoms with Gasteiger partial charge in [-0.05, 0) is 58.1 Å². The third-order valence-corrected chi connectivity index (χ3v) is 5.54. The number of Topliss-reactive ketones (excluding diaryl/α,β-unsaturated/α-hetero) is 1. The summed E-state index contributed by atoms with van der Waals surface area (Å²) in [6.07, 6.45) is 1.29. The first-order chi connectivity index (χ1) is 13.4. The van der Waals surface area contributed by atoms with Crippen LogP contribution in [0.25, 0.3) is 5.69 Å². The van der Waals surface area contributed by atoms with Crippen molar-refractivity contribution >= 4 is 11.8 Å². The average molecular weight is 383 g/mol. The molecule has 1 saturated heterocycles. The van der Waals surface area contributed by atoms with E-state index in [4.69, 9.17) is 0 Å². The smallest absolute Gasteiger partial charge is 0.337 e. The molecule has 1 aromatic carbocycles. The highest BCUT2D eigenvalue weighted by atomic mass is 16.4. The second kappa shape index (κ2) is 8.71. The molecule has 0 aliphatic carbocycles. The quantitative estimate of drug-likeness (QED) is 0.745. The standard InChI is InChI=1S/C22H29N3O3/c1-16-6-7-17(2)25(16)20-15-18(8-9-19(20)22(27)28)21(26)5-4-10-24-13-11-23(3)12-14-24/h6-9,15H,4-5,10-14H2,1-3H3,(H,27,28). The predicted octanol–water partition coefficient (Wildman–Crippen LogP) is 3.00. The van der Waals surface area contributed by atoms with Crippen LogP contribution in [0.2, 0.25) is 0 Å². The summed E-state index contributed by atoms with van der Waals surface area (Å²) in [5, 5.41) is 9.57. The van der Waals surface area contributed by atoms with Gasteiger partial charge < -0.3 is 19.5 Å². The number of likely N-dealkylation sites (N-methyl/N-ethyl adjacent to an activating group) is 1. The van der Waals surface area contributed by atoms with E-state index in [2.05, 4.69) is 16.8 Å². The lowest BCUT2D eigenvalue weighted by molar-refractivity contribution is 0.0696. The first-order valence-corrected chi connectivity index (χ1v) is 9.83. The van der Waals surface area contributed by atoms with E-state index in [0.717, 1.165) is 50.5 Å². The molecular weight excluding hydrogens is 354 g/mol. The predicted molar refractivity (Wildman–Crippen MR) is 110 cm³/mol. The Kier molecular flexibility index (Phi) is 6.31. The summed E-state index contributed by atoms with van der Waals surface area (Å²) >= 11 is 0. The maximum atomic E-state index is 12.7. The van der Waals surface area contributed by atoms with Crippen LogP contribution in [0, 0.1) is 13.8 Å². The number of benzene rings is 1. The van der Waals surface area contributed by atoms with Gasteiger partial charge in [0.25, 0.3) is 0 Å². The number of ketones is 1. The fourth-order valence-corrected chi connectivity index (χ4v) is 3.80. The zero-order chi connectivity index (χ0) is 20.3. The summed E-state index contributed by atoms with van der Waals surface area (Å²) in [4.78, 5) is 29.1. The van der Waals surface area contributed by atoms with Crippen LogP contribution < -0.4 is 0 Å². The Morgan fingerprint density at radius 3 is 2.25 bits per heavy atom. The molecule has 150 valence electrons. The van der Waals surface area contributed by atoms with Gasteiger partial charge in [-0.3, -0.25) is 4.79 Å². The Balaban J connectivity index is 1.72. The van der Waals surface area contributed by atoms with Crippen molar-refractivity contribution in [2.75, 3.05) is 39.8 Å². The molecule has 6 heteroatoms. The van der Waals surface area contributed by atoms with Gasteiger partial charge in [0.15, 0.2) is 5.78 Å². The molecule has 6 nitrogen and oxygen atoms in total. The molecule has 0 saturated carbocycles. The van der Waals surface area contributed by atoms with Gasteiger partial charge in [-0.15, -0.1) is 0 Å². The van der Waals surface area contributed by atoms with E-state index < -0.39 is 5.97 Å². The number of aromatic nitrogens is 1. The highest BCUT2D eigenvalue weighted by Gasteiger charge is 2.18. The second-order valence-corrected chi connectivity index (χ2v) is 7.66. The van der Waals surface area contributed by atoms with Crippen LogP contribution in [0.4, 0.5) is 0 Å². The molecule has 1 aromatic heterocycles. The van der Waals surface area contributed by atoms with Crippen LogP contribution in [-0.2, 0) is 0 Å². The number of hydrogen-bond donors (Lipinski definition) is 1. The van der Waals surface area contributed by atoms with E-state index in [1.54, 1.807) is 18.2 Å². The van der Waals surface area contributed by atoms with Gasteiger partial charge in [-0.1, -0.05) is 6.07 Å². The zero-order valence-corrected chi connectivity index (χ0v) is 16.9. The van der Waals surface area contributed by atoms with Crippen LogP contribution in [0.3, 0.4) is 0 Å². The number of rotatable bonds is 7. The molecule has 0 spiro atoms. The van der Waals surface area contributed by atoms with Crippen molar-refractivity contribution in [2.24, 2.45) is 0 Å². The summed E-state index contributed by atoms with van der Waals surface area (Å²) < 4.78 is 1.89. The lowest BCUT2D eigenvalue weighted by Crippen LogP contribution is -2.44. The summed E-state index contributed by atoms with van der Waals surface area (Å²) in [7, 11) is 2.13. The lowest BCUT2D eigenvalue weighted by Gasteiger charge is -2.32. The van der Waals surface area contributed by atoms with Crippen LogP contribution in [0.5, 0.6) is 0 Å². The Hall–Kier alpha value is -2.44. The fourth-order valence-electron chi connectivity index (χ4n) is 3.80. The number of carboxylic acid groups (broad SMARTS) is 1. The minimum Gasteiger partial charge on any atom is -0.478 e. The average Bonchev–Trinajstić information content (AvgIpc) is 3.01. The Morgan fingerprint density at radius 1 is 1.00 bits per heavy atom. The number of carboxylic acids is 1. The van der Waals surface area contributed by atoms with E-state index in [1.165, 1.54) is 0 Å². The first-order valence-electron chi connectivity index (χ1n) is 9.83. The molecule has 3 rings (SSSR count). The summed E-state index contributed by atoms with van der Waals surface area (Å²) in [6.45, 7) is 9.04. The molecule has 2 aromatic rings. The van der Waals surface area contributed by atoms with E-state index in [9.17, 15) is 14.7 Å². The van der Waals surface area contributed by atoms with Gasteiger partial charge in [0, 0.05) is 49.6 Å². The molecule has 28 heavy (non-hydrogen) atoms. The summed E-state index contributed by atoms with van der Waals surface area (Å²) in [6, 6.07) is 8.81. The molecule has 1 aliphatic heterocycles. The topological polar surface area (TPSA) is 65.8 Å². The Morgan fingerprint density at radius 2 is 1.64 bits per heavy atom. The highest BCUT2D eigenvalue weighted by Crippen LogP contribution is 2.23. The maximum absolute atomic E-state index is 12.7. The second-order valence-electron chi connectivity index (χ2n) is 7.66. The van der Waals surface area contributed by atoms with E-state index in [1.807, 2.05) is 30.5 Å². The molecule has 0 bridgehead atoms. The van der Waals surface area contributed by atoms with Crippen molar-refractivity contribution in [3.05, 3.63) is 52.8 Å². The maximum Gasteiger partial charge on any atom is 0.337 e. The van der Waals surface area contributed by atoms with Crippen molar-refractivity contribution in [3.63, 3.8) is 0 Å². The van der Waals surface area contributed by atoms with Crippen molar-refractivity contribution in [3.8, 4) is 5.69 Å². The van der Waals surface area contributed by atoms with Gasteiger partial charge in [0.1, 0.15) is 0 Å². The van der Waals surface area contributed by atoms with Crippen LogP contribution >= 0.6 is 0 Å². The van der Waals surface area contributed by atoms with Crippen molar-refractivity contribution in [1.82, 2.24) is 14.4 Å². The van der Waals surface area contributed by atoms with Gasteiger partial charge in [-0.25, -0.2) is 4.79 Å². The number of nitrogens with zero attached hydrogens (tertiary/aromatic N) is 3. The normalized spacial score (nSPS) is 15.7. The van der Waals surface area contributed by atoms with Crippen LogP contribution in [0.1, 0.15) is 44.9 Å². The molecule has 0 radical (unpaired) electrons. The monoisotopic (exact) mass is 383 g/mol. The van der Waals surface area contributed by atoms with Gasteiger partial charge in [0.2, 0.25) is 0 Å². The number of hydrogen-bond acceptors (Lipinski definition) is 4. The number of piperazine rings is 1. The zero-order valence-electron chi connectivity index (χ0n) is 16.9. The Bertz CT molecular complexity index is 844. The van der Waals surface area contributed by atoms with Crippen molar-refractivity contribution < 1.29 is 14.7 Å². The first kappa shape index (κ1) is 20.3. The Labute approximate surface area is 166 Å². The third-order valence-electron chi connectivity index (χ3n) is 5.54. The van der Waals surface area contributed by atoms with Gasteiger partial charge >= 0.3 is 5.97 Å². The van der Waals surface area contributed by atoms with E-state index in [-0.39, 0.29) is 11.3 Å². The molecule has 0 amide bonds. The van der Waals surface area contributed by atoms with Crippen molar-refractivity contribution in [1.29, 1.82) is 0 Å². The summed E-state index contributed by atoms with van der Waals surface area (Å²) in [5.41, 5.74) is 3.22. The van der Waals surface area contributed by atoms with Gasteiger partial charge in [0.05, 0.1) is 11.3 Å². The molecular formula is C22H29N3O3. The summed E-state index contributed by atoms with van der Waals surface area (Å²) in [5.74, 6) is -0.925. The SMILES string of the molecule is Cc1ccc(C)n1-c1cc(C(=O)CCCN2CCN(C)CC2)ccc1C(=O)O. The largest absolute Gasteiger partial charge is 0.478 e. The number of carbonyl (C=O) groups excluding carboxylic acids is 1. The minimum atomic E-state index is -0.989. The molecule has 1 aliphatic rings. The molecule has 1 fully saturated rings. The van der Waals surface area contributed by atoms with Crippen LogP contribution in [0.15, 0.2) is 30.3 Å². The lowest BCUT2D eigenvalue weighted by atomic mass is 10.0. The molecule has 0 atom stereocenters. The van der Waals surface area contributed by atoms with Crippen LogP contribution in [-0.4, -0.2) is 71.0 Å². The molecule has 0 unspecified atom stereocenters. The third kappa shape index (κ3) is 4.51. The highest BCUT2D eigenvalue weighted by molar-refractivity contribution is 5.99. The molecule has 1 N–H and O–H groups in total. The minimum absolute atomic E-state index is 0.0646. The van der Waals surface area contributed by atoms with E-state index >= 15 is 0 Å². The molecule has 2 heterocycles. The number of aryl methyl sites for hydroxylation is 2. The number of aromatic carboxylic acids is 1.